The van der Waals surface area contributed by atoms with Gasteiger partial charge in [0, 0.05) is 13.3 Å². The van der Waals surface area contributed by atoms with Crippen LogP contribution in [0.2, 0.25) is 0 Å². The molecule has 214 valence electrons. The highest BCUT2D eigenvalue weighted by molar-refractivity contribution is 5.66. The zero-order valence-corrected chi connectivity index (χ0v) is 24.5. The van der Waals surface area contributed by atoms with Crippen LogP contribution >= 0.6 is 0 Å². The van der Waals surface area contributed by atoms with Crippen molar-refractivity contribution in [1.82, 2.24) is 0 Å². The normalized spacial score (nSPS) is 10.7. The van der Waals surface area contributed by atoms with Gasteiger partial charge in [0.2, 0.25) is 0 Å². The third-order valence-electron chi connectivity index (χ3n) is 6.67. The van der Waals surface area contributed by atoms with Crippen molar-refractivity contribution in [3.8, 4) is 0 Å². The molecule has 0 unspecified atom stereocenters. The molecule has 0 rings (SSSR count). The van der Waals surface area contributed by atoms with Gasteiger partial charge in [0.1, 0.15) is 0 Å². The summed E-state index contributed by atoms with van der Waals surface area (Å²) in [6.45, 7) is 9.15. The number of unbranched alkanes of at least 4 members (excludes halogenated alkanes) is 21. The lowest BCUT2D eigenvalue weighted by atomic mass is 10.0. The van der Waals surface area contributed by atoms with E-state index in [2.05, 4.69) is 25.2 Å². The third kappa shape index (κ3) is 39.9. The van der Waals surface area contributed by atoms with Crippen molar-refractivity contribution in [2.45, 2.75) is 175 Å². The number of ether oxygens (including phenoxy) is 1. The van der Waals surface area contributed by atoms with Gasteiger partial charge >= 0.3 is 11.9 Å². The number of aliphatic carboxylic acids is 1. The standard InChI is InChI=1S/C28H56O2.C4H6O2/c1-27(2)25-23-21-19-17-15-13-11-9-7-5-3-4-6-8-10-12-14-16-18-20-22-24-26-28(29)30;1-3-6-4(2)5/h27H,3-26H2,1-2H3,(H,29,30);3H,1H2,2H3. The zero-order valence-electron chi connectivity index (χ0n) is 24.5. The molecule has 0 aromatic rings. The van der Waals surface area contributed by atoms with Crippen LogP contribution in [0.5, 0.6) is 0 Å². The minimum Gasteiger partial charge on any atom is -0.481 e. The van der Waals surface area contributed by atoms with E-state index in [0.717, 1.165) is 25.0 Å². The Labute approximate surface area is 225 Å². The molecule has 0 saturated carbocycles. The van der Waals surface area contributed by atoms with Crippen molar-refractivity contribution in [1.29, 1.82) is 0 Å². The summed E-state index contributed by atoms with van der Waals surface area (Å²) < 4.78 is 4.17. The number of rotatable bonds is 26. The molecular weight excluding hydrogens is 448 g/mol. The van der Waals surface area contributed by atoms with Crippen LogP contribution in [0, 0.1) is 5.92 Å². The first-order valence-corrected chi connectivity index (χ1v) is 15.4. The van der Waals surface area contributed by atoms with Gasteiger partial charge in [0.05, 0.1) is 6.26 Å². The van der Waals surface area contributed by atoms with E-state index in [-0.39, 0.29) is 5.97 Å². The van der Waals surface area contributed by atoms with Gasteiger partial charge in [-0.25, -0.2) is 0 Å². The predicted octanol–water partition coefficient (Wildman–Crippen LogP) is 10.8. The van der Waals surface area contributed by atoms with Gasteiger partial charge in [-0.1, -0.05) is 162 Å². The van der Waals surface area contributed by atoms with Crippen LogP contribution in [0.1, 0.15) is 175 Å². The number of carboxylic acids is 1. The molecule has 4 nitrogen and oxygen atoms in total. The summed E-state index contributed by atoms with van der Waals surface area (Å²) in [5, 5.41) is 8.60. The quantitative estimate of drug-likeness (QED) is 0.0714. The summed E-state index contributed by atoms with van der Waals surface area (Å²) in [6, 6.07) is 0. The van der Waals surface area contributed by atoms with E-state index in [1.807, 2.05) is 0 Å². The first-order valence-electron chi connectivity index (χ1n) is 15.4. The molecule has 0 aliphatic heterocycles. The SMILES string of the molecule is C=COC(C)=O.CC(C)CCCCCCCCCCCCCCCCCCCCCCCCC(=O)O. The Kier molecular flexibility index (Phi) is 32.4. The van der Waals surface area contributed by atoms with E-state index in [0.29, 0.717) is 6.42 Å². The molecule has 0 radical (unpaired) electrons. The average Bonchev–Trinajstić information content (AvgIpc) is 2.81. The van der Waals surface area contributed by atoms with Crippen molar-refractivity contribution in [2.24, 2.45) is 5.92 Å². The fourth-order valence-electron chi connectivity index (χ4n) is 4.48. The first kappa shape index (κ1) is 36.8. The summed E-state index contributed by atoms with van der Waals surface area (Å²) in [4.78, 5) is 20.2. The Morgan fingerprint density at radius 3 is 1.08 bits per heavy atom. The van der Waals surface area contributed by atoms with Crippen molar-refractivity contribution in [3.05, 3.63) is 12.8 Å². The summed E-state index contributed by atoms with van der Waals surface area (Å²) in [6.07, 6.45) is 33.2. The molecular formula is C32H62O4. The lowest BCUT2D eigenvalue weighted by Crippen LogP contribution is -1.93. The lowest BCUT2D eigenvalue weighted by molar-refractivity contribution is -0.137. The van der Waals surface area contributed by atoms with E-state index >= 15 is 0 Å². The summed E-state index contributed by atoms with van der Waals surface area (Å²) in [5.74, 6) is -0.0938. The van der Waals surface area contributed by atoms with Crippen LogP contribution in [0.3, 0.4) is 0 Å². The Bertz CT molecular complexity index is 473. The van der Waals surface area contributed by atoms with Crippen molar-refractivity contribution in [3.63, 3.8) is 0 Å². The maximum atomic E-state index is 10.4. The molecule has 0 heterocycles. The largest absolute Gasteiger partial charge is 0.481 e. The lowest BCUT2D eigenvalue weighted by Gasteiger charge is -2.05. The second-order valence-corrected chi connectivity index (χ2v) is 10.9. The van der Waals surface area contributed by atoms with Gasteiger partial charge < -0.3 is 9.84 Å². The molecule has 0 aliphatic carbocycles. The Balaban J connectivity index is 0. The summed E-state index contributed by atoms with van der Waals surface area (Å²) in [5.41, 5.74) is 0. The number of carboxylic acid groups (broad SMARTS) is 1. The maximum Gasteiger partial charge on any atom is 0.307 e. The number of esters is 1. The minimum absolute atomic E-state index is 0.329. The first-order chi connectivity index (χ1) is 17.4. The van der Waals surface area contributed by atoms with Crippen molar-refractivity contribution < 1.29 is 19.4 Å². The van der Waals surface area contributed by atoms with E-state index in [4.69, 9.17) is 5.11 Å². The molecule has 0 atom stereocenters. The van der Waals surface area contributed by atoms with Gasteiger partial charge in [-0.05, 0) is 12.3 Å². The molecule has 36 heavy (non-hydrogen) atoms. The van der Waals surface area contributed by atoms with Crippen molar-refractivity contribution in [2.75, 3.05) is 0 Å². The zero-order chi connectivity index (χ0) is 27.1. The van der Waals surface area contributed by atoms with E-state index < -0.39 is 5.97 Å². The molecule has 0 aromatic carbocycles. The number of hydrogen-bond acceptors (Lipinski definition) is 3. The summed E-state index contributed by atoms with van der Waals surface area (Å²) >= 11 is 0. The molecule has 0 amide bonds. The number of hydrogen-bond donors (Lipinski definition) is 1. The van der Waals surface area contributed by atoms with E-state index in [9.17, 15) is 9.59 Å². The van der Waals surface area contributed by atoms with E-state index in [1.165, 1.54) is 142 Å². The third-order valence-corrected chi connectivity index (χ3v) is 6.67. The average molecular weight is 511 g/mol. The molecule has 1 N–H and O–H groups in total. The second kappa shape index (κ2) is 31.7. The van der Waals surface area contributed by atoms with Crippen LogP contribution in [0.25, 0.3) is 0 Å². The fraction of sp³-hybridized carbons (Fsp3) is 0.875. The predicted molar refractivity (Wildman–Crippen MR) is 155 cm³/mol. The highest BCUT2D eigenvalue weighted by Gasteiger charge is 1.98. The number of carbonyl (C=O) groups excluding carboxylic acids is 1. The Hall–Kier alpha value is -1.32. The topological polar surface area (TPSA) is 63.6 Å². The van der Waals surface area contributed by atoms with Gasteiger partial charge in [-0.3, -0.25) is 9.59 Å². The van der Waals surface area contributed by atoms with Gasteiger partial charge in [-0.15, -0.1) is 0 Å². The molecule has 0 saturated heterocycles. The molecule has 0 fully saturated rings. The molecule has 4 heteroatoms. The van der Waals surface area contributed by atoms with Crippen LogP contribution in [-0.4, -0.2) is 17.0 Å². The van der Waals surface area contributed by atoms with Crippen molar-refractivity contribution >= 4 is 11.9 Å². The van der Waals surface area contributed by atoms with E-state index in [1.54, 1.807) is 0 Å². The highest BCUT2D eigenvalue weighted by Crippen LogP contribution is 2.16. The van der Waals surface area contributed by atoms with Gasteiger partial charge in [0.15, 0.2) is 0 Å². The van der Waals surface area contributed by atoms with Crippen LogP contribution in [0.15, 0.2) is 12.8 Å². The smallest absolute Gasteiger partial charge is 0.307 e. The number of carbonyl (C=O) groups is 2. The fourth-order valence-corrected chi connectivity index (χ4v) is 4.48. The van der Waals surface area contributed by atoms with Gasteiger partial charge in [-0.2, -0.15) is 0 Å². The van der Waals surface area contributed by atoms with Gasteiger partial charge in [0.25, 0.3) is 0 Å². The molecule has 0 aliphatic rings. The monoisotopic (exact) mass is 510 g/mol. The molecule has 0 bridgehead atoms. The maximum absolute atomic E-state index is 10.4. The minimum atomic E-state index is -0.649. The highest BCUT2D eigenvalue weighted by atomic mass is 16.5. The van der Waals surface area contributed by atoms with Crippen LogP contribution < -0.4 is 0 Å². The van der Waals surface area contributed by atoms with Crippen LogP contribution in [0.4, 0.5) is 0 Å². The summed E-state index contributed by atoms with van der Waals surface area (Å²) in [7, 11) is 0. The van der Waals surface area contributed by atoms with Crippen LogP contribution in [-0.2, 0) is 14.3 Å². The Morgan fingerprint density at radius 1 is 0.611 bits per heavy atom. The Morgan fingerprint density at radius 2 is 0.889 bits per heavy atom. The molecule has 0 aromatic heterocycles. The molecule has 0 spiro atoms. The second-order valence-electron chi connectivity index (χ2n) is 10.9.